The molecule has 0 saturated carbocycles. The summed E-state index contributed by atoms with van der Waals surface area (Å²) in [6.07, 6.45) is 0.773. The Bertz CT molecular complexity index is 352. The zero-order valence-corrected chi connectivity index (χ0v) is 9.12. The van der Waals surface area contributed by atoms with Gasteiger partial charge in [0.2, 0.25) is 0 Å². The van der Waals surface area contributed by atoms with Crippen molar-refractivity contribution in [3.05, 3.63) is 34.6 Å². The van der Waals surface area contributed by atoms with Crippen LogP contribution < -0.4 is 0 Å². The molecule has 0 heterocycles. The summed E-state index contributed by atoms with van der Waals surface area (Å²) in [5, 5.41) is 0.959. The maximum Gasteiger partial charge on any atom is 0.141 e. The van der Waals surface area contributed by atoms with Gasteiger partial charge in [-0.2, -0.15) is 0 Å². The first-order chi connectivity index (χ1) is 6.24. The monoisotopic (exact) mass is 260 g/mol. The number of hydrogen-bond acceptors (Lipinski definition) is 0. The molecule has 0 aliphatic rings. The molecule has 13 heavy (non-hydrogen) atoms. The molecule has 0 fully saturated rings. The van der Waals surface area contributed by atoms with Gasteiger partial charge in [-0.05, 0) is 18.2 Å². The first-order valence-electron chi connectivity index (χ1n) is 3.74. The van der Waals surface area contributed by atoms with Crippen molar-refractivity contribution < 1.29 is 4.39 Å². The first kappa shape index (κ1) is 10.6. The second kappa shape index (κ2) is 5.26. The largest absolute Gasteiger partial charge is 0.205 e. The van der Waals surface area contributed by atoms with E-state index in [-0.39, 0.29) is 5.02 Å². The second-order valence-electron chi connectivity index (χ2n) is 2.37. The normalized spacial score (nSPS) is 9.15. The van der Waals surface area contributed by atoms with Gasteiger partial charge in [0.05, 0.1) is 5.02 Å². The van der Waals surface area contributed by atoms with Crippen LogP contribution in [0.1, 0.15) is 12.0 Å². The molecule has 0 bridgehead atoms. The van der Waals surface area contributed by atoms with Crippen LogP contribution in [0.25, 0.3) is 0 Å². The van der Waals surface area contributed by atoms with Crippen molar-refractivity contribution in [2.75, 3.05) is 5.33 Å². The van der Waals surface area contributed by atoms with Crippen LogP contribution in [0.15, 0.2) is 18.2 Å². The van der Waals surface area contributed by atoms with E-state index in [0.717, 1.165) is 17.3 Å². The Morgan fingerprint density at radius 1 is 1.46 bits per heavy atom. The van der Waals surface area contributed by atoms with Gasteiger partial charge in [0.15, 0.2) is 0 Å². The van der Waals surface area contributed by atoms with Gasteiger partial charge in [-0.25, -0.2) is 4.39 Å². The molecule has 68 valence electrons. The lowest BCUT2D eigenvalue weighted by Crippen LogP contribution is -1.79. The van der Waals surface area contributed by atoms with Crippen LogP contribution in [0.4, 0.5) is 4.39 Å². The molecule has 0 aliphatic carbocycles. The van der Waals surface area contributed by atoms with Crippen molar-refractivity contribution in [3.8, 4) is 11.8 Å². The van der Waals surface area contributed by atoms with Gasteiger partial charge in [0.1, 0.15) is 5.82 Å². The molecule has 0 N–H and O–H groups in total. The maximum absolute atomic E-state index is 12.7. The molecular weight excluding hydrogens is 254 g/mol. The maximum atomic E-state index is 12.7. The second-order valence-corrected chi connectivity index (χ2v) is 3.57. The number of benzene rings is 1. The lowest BCUT2D eigenvalue weighted by molar-refractivity contribution is 0.628. The van der Waals surface area contributed by atoms with E-state index in [1.807, 2.05) is 0 Å². The van der Waals surface area contributed by atoms with Crippen molar-refractivity contribution in [1.82, 2.24) is 0 Å². The van der Waals surface area contributed by atoms with Gasteiger partial charge >= 0.3 is 0 Å². The standard InChI is InChI=1S/C10H7BrClF/c11-6-2-1-3-8-4-5-10(13)9(12)7-8/h4-5,7H,2,6H2. The summed E-state index contributed by atoms with van der Waals surface area (Å²) >= 11 is 8.84. The molecule has 1 aromatic rings. The molecule has 0 radical (unpaired) electrons. The highest BCUT2D eigenvalue weighted by Gasteiger charge is 1.97. The Balaban J connectivity index is 2.81. The van der Waals surface area contributed by atoms with Gasteiger partial charge in [0.25, 0.3) is 0 Å². The van der Waals surface area contributed by atoms with E-state index in [9.17, 15) is 4.39 Å². The minimum atomic E-state index is -0.410. The third kappa shape index (κ3) is 3.38. The highest BCUT2D eigenvalue weighted by atomic mass is 79.9. The Kier molecular flexibility index (Phi) is 4.27. The molecule has 1 rings (SSSR count). The minimum absolute atomic E-state index is 0.116. The molecule has 0 spiro atoms. The summed E-state index contributed by atoms with van der Waals surface area (Å²) in [4.78, 5) is 0. The topological polar surface area (TPSA) is 0 Å². The Morgan fingerprint density at radius 2 is 2.23 bits per heavy atom. The van der Waals surface area contributed by atoms with Crippen LogP contribution in [0.2, 0.25) is 5.02 Å². The quantitative estimate of drug-likeness (QED) is 0.535. The summed E-state index contributed by atoms with van der Waals surface area (Å²) in [6.45, 7) is 0. The van der Waals surface area contributed by atoms with E-state index < -0.39 is 5.82 Å². The molecule has 0 unspecified atom stereocenters. The number of alkyl halides is 1. The average molecular weight is 262 g/mol. The van der Waals surface area contributed by atoms with Crippen LogP contribution in [0, 0.1) is 17.7 Å². The van der Waals surface area contributed by atoms with Crippen LogP contribution in [-0.2, 0) is 0 Å². The van der Waals surface area contributed by atoms with Gasteiger partial charge < -0.3 is 0 Å². The zero-order chi connectivity index (χ0) is 9.68. The van der Waals surface area contributed by atoms with Crippen LogP contribution in [0.3, 0.4) is 0 Å². The lowest BCUT2D eigenvalue weighted by Gasteiger charge is -1.93. The van der Waals surface area contributed by atoms with Crippen molar-refractivity contribution >= 4 is 27.5 Å². The lowest BCUT2D eigenvalue weighted by atomic mass is 10.2. The van der Waals surface area contributed by atoms with E-state index >= 15 is 0 Å². The zero-order valence-electron chi connectivity index (χ0n) is 6.78. The third-order valence-electron chi connectivity index (χ3n) is 1.37. The van der Waals surface area contributed by atoms with Gasteiger partial charge in [0, 0.05) is 17.3 Å². The predicted octanol–water partition coefficient (Wildman–Crippen LogP) is 3.62. The molecule has 1 aromatic carbocycles. The van der Waals surface area contributed by atoms with Gasteiger partial charge in [-0.1, -0.05) is 39.4 Å². The van der Waals surface area contributed by atoms with Crippen molar-refractivity contribution in [1.29, 1.82) is 0 Å². The third-order valence-corrected chi connectivity index (χ3v) is 2.06. The average Bonchev–Trinajstić information content (AvgIpc) is 2.12. The van der Waals surface area contributed by atoms with Crippen molar-refractivity contribution in [2.45, 2.75) is 6.42 Å². The van der Waals surface area contributed by atoms with E-state index in [4.69, 9.17) is 11.6 Å². The van der Waals surface area contributed by atoms with Gasteiger partial charge in [-0.3, -0.25) is 0 Å². The highest BCUT2D eigenvalue weighted by Crippen LogP contribution is 2.15. The van der Waals surface area contributed by atoms with Crippen molar-refractivity contribution in [2.24, 2.45) is 0 Å². The van der Waals surface area contributed by atoms with Crippen molar-refractivity contribution in [3.63, 3.8) is 0 Å². The summed E-state index contributed by atoms with van der Waals surface area (Å²) < 4.78 is 12.7. The molecule has 0 atom stereocenters. The molecule has 0 nitrogen and oxygen atoms in total. The van der Waals surface area contributed by atoms with Crippen LogP contribution >= 0.6 is 27.5 Å². The highest BCUT2D eigenvalue weighted by molar-refractivity contribution is 9.09. The van der Waals surface area contributed by atoms with E-state index in [1.165, 1.54) is 12.1 Å². The van der Waals surface area contributed by atoms with E-state index in [0.29, 0.717) is 0 Å². The smallest absolute Gasteiger partial charge is 0.141 e. The summed E-state index contributed by atoms with van der Waals surface area (Å²) in [6, 6.07) is 4.46. The predicted molar refractivity (Wildman–Crippen MR) is 56.7 cm³/mol. The molecule has 0 aliphatic heterocycles. The Labute approximate surface area is 90.2 Å². The summed E-state index contributed by atoms with van der Waals surface area (Å²) in [7, 11) is 0. The molecular formula is C10H7BrClF. The number of halogens is 3. The fourth-order valence-corrected chi connectivity index (χ4v) is 1.16. The van der Waals surface area contributed by atoms with E-state index in [1.54, 1.807) is 6.07 Å². The molecule has 0 saturated heterocycles. The minimum Gasteiger partial charge on any atom is -0.205 e. The fraction of sp³-hybridized carbons (Fsp3) is 0.200. The van der Waals surface area contributed by atoms with Crippen LogP contribution in [0.5, 0.6) is 0 Å². The van der Waals surface area contributed by atoms with Crippen LogP contribution in [-0.4, -0.2) is 5.33 Å². The number of rotatable bonds is 1. The molecule has 0 aromatic heterocycles. The Morgan fingerprint density at radius 3 is 2.85 bits per heavy atom. The summed E-state index contributed by atoms with van der Waals surface area (Å²) in [5.41, 5.74) is 0.743. The van der Waals surface area contributed by atoms with Gasteiger partial charge in [-0.15, -0.1) is 0 Å². The number of hydrogen-bond donors (Lipinski definition) is 0. The molecule has 0 amide bonds. The SMILES string of the molecule is Fc1ccc(C#CCCBr)cc1Cl. The van der Waals surface area contributed by atoms with E-state index in [2.05, 4.69) is 27.8 Å². The summed E-state index contributed by atoms with van der Waals surface area (Å²) in [5.74, 6) is 5.39. The molecule has 3 heteroatoms. The fourth-order valence-electron chi connectivity index (χ4n) is 0.786. The first-order valence-corrected chi connectivity index (χ1v) is 5.24. The Hall–Kier alpha value is -0.520.